The van der Waals surface area contributed by atoms with E-state index in [1.54, 1.807) is 11.3 Å². The first-order valence-corrected chi connectivity index (χ1v) is 11.7. The Hall–Kier alpha value is -4.51. The van der Waals surface area contributed by atoms with Crippen molar-refractivity contribution in [1.82, 2.24) is 41.2 Å². The van der Waals surface area contributed by atoms with Crippen molar-refractivity contribution in [2.75, 3.05) is 0 Å². The molecule has 0 aliphatic rings. The van der Waals surface area contributed by atoms with Gasteiger partial charge in [-0.1, -0.05) is 30.3 Å². The number of thiophene rings is 1. The van der Waals surface area contributed by atoms with Gasteiger partial charge in [0.15, 0.2) is 0 Å². The summed E-state index contributed by atoms with van der Waals surface area (Å²) in [5.41, 5.74) is 2.91. The number of H-pyrrole nitrogens is 1. The summed E-state index contributed by atoms with van der Waals surface area (Å²) in [6.45, 7) is 2.22. The molecule has 2 amide bonds. The first kappa shape index (κ1) is 22.3. The number of amides is 2. The van der Waals surface area contributed by atoms with Crippen molar-refractivity contribution in [1.29, 1.82) is 0 Å². The van der Waals surface area contributed by atoms with E-state index in [1.807, 2.05) is 60.8 Å². The van der Waals surface area contributed by atoms with Gasteiger partial charge in [0.05, 0.1) is 6.04 Å². The molecule has 0 fully saturated rings. The fourth-order valence-electron chi connectivity index (χ4n) is 3.56. The Morgan fingerprint density at radius 2 is 1.80 bits per heavy atom. The zero-order valence-corrected chi connectivity index (χ0v) is 19.4. The van der Waals surface area contributed by atoms with Crippen LogP contribution in [-0.4, -0.2) is 42.4 Å². The molecule has 5 rings (SSSR count). The van der Waals surface area contributed by atoms with E-state index in [2.05, 4.69) is 41.2 Å². The average Bonchev–Trinajstić information content (AvgIpc) is 3.59. The van der Waals surface area contributed by atoms with Crippen molar-refractivity contribution in [3.8, 4) is 11.4 Å². The Morgan fingerprint density at radius 1 is 1.00 bits per heavy atom. The number of tetrazole rings is 1. The Morgan fingerprint density at radius 3 is 2.57 bits per heavy atom. The van der Waals surface area contributed by atoms with E-state index < -0.39 is 5.91 Å². The first-order valence-electron chi connectivity index (χ1n) is 10.8. The summed E-state index contributed by atoms with van der Waals surface area (Å²) in [5.74, 6) is -0.289. The van der Waals surface area contributed by atoms with Crippen molar-refractivity contribution in [2.24, 2.45) is 0 Å². The summed E-state index contributed by atoms with van der Waals surface area (Å²) in [6.07, 6.45) is 1.21. The van der Waals surface area contributed by atoms with Crippen LogP contribution in [-0.2, 0) is 6.54 Å². The third-order valence-corrected chi connectivity index (χ3v) is 6.36. The number of hydrogen-bond donors (Lipinski definition) is 3. The van der Waals surface area contributed by atoms with E-state index in [-0.39, 0.29) is 23.3 Å². The molecule has 0 spiro atoms. The van der Waals surface area contributed by atoms with Gasteiger partial charge in [-0.25, -0.2) is 9.97 Å². The maximum atomic E-state index is 12.8. The Balaban J connectivity index is 1.21. The molecule has 10 nitrogen and oxygen atoms in total. The number of carbonyl (C=O) groups excluding carboxylic acids is 2. The van der Waals surface area contributed by atoms with Crippen molar-refractivity contribution in [3.63, 3.8) is 0 Å². The van der Waals surface area contributed by atoms with E-state index >= 15 is 0 Å². The van der Waals surface area contributed by atoms with Crippen LogP contribution in [0.2, 0.25) is 0 Å². The van der Waals surface area contributed by atoms with Gasteiger partial charge in [-0.2, -0.15) is 5.21 Å². The van der Waals surface area contributed by atoms with Crippen LogP contribution in [0.4, 0.5) is 0 Å². The lowest BCUT2D eigenvalue weighted by Crippen LogP contribution is -2.29. The quantitative estimate of drug-likeness (QED) is 0.322. The van der Waals surface area contributed by atoms with Gasteiger partial charge in [0, 0.05) is 22.9 Å². The van der Waals surface area contributed by atoms with Gasteiger partial charge in [-0.15, -0.1) is 21.5 Å². The number of benzene rings is 2. The van der Waals surface area contributed by atoms with Gasteiger partial charge >= 0.3 is 0 Å². The summed E-state index contributed by atoms with van der Waals surface area (Å²) < 4.78 is 1.20. The summed E-state index contributed by atoms with van der Waals surface area (Å²) in [6, 6.07) is 16.7. The van der Waals surface area contributed by atoms with Gasteiger partial charge in [0.25, 0.3) is 11.8 Å². The van der Waals surface area contributed by atoms with E-state index in [4.69, 9.17) is 0 Å². The predicted octanol–water partition coefficient (Wildman–Crippen LogP) is 3.29. The van der Waals surface area contributed by atoms with Gasteiger partial charge < -0.3 is 10.6 Å². The highest BCUT2D eigenvalue weighted by Gasteiger charge is 2.16. The van der Waals surface area contributed by atoms with Crippen molar-refractivity contribution < 1.29 is 9.59 Å². The molecule has 11 heteroatoms. The topological polar surface area (TPSA) is 138 Å². The molecule has 5 aromatic rings. The Bertz CT molecular complexity index is 1480. The lowest BCUT2D eigenvalue weighted by atomic mass is 10.1. The van der Waals surface area contributed by atoms with Gasteiger partial charge in [0.1, 0.15) is 17.7 Å². The molecule has 0 unspecified atom stereocenters. The number of hydrogen-bond acceptors (Lipinski definition) is 8. The van der Waals surface area contributed by atoms with E-state index in [1.165, 1.54) is 17.1 Å². The standard InChI is InChI=1S/C24H20N8O2S/c1-14(16-3-5-17(6-4-16)22-29-31-32-30-22)28-24(34)20-11-19(26-13-27-20)23(33)25-12-15-2-7-21-18(10-15)8-9-35-21/h2-11,13-14H,12H2,1H3,(H,25,33)(H,28,34)(H,29,30,31,32)/t14-/m0/s1. The fourth-order valence-corrected chi connectivity index (χ4v) is 4.33. The maximum absolute atomic E-state index is 12.8. The lowest BCUT2D eigenvalue weighted by Gasteiger charge is -2.14. The average molecular weight is 485 g/mol. The zero-order chi connectivity index (χ0) is 24.2. The molecule has 0 radical (unpaired) electrons. The van der Waals surface area contributed by atoms with Crippen LogP contribution in [0.1, 0.15) is 45.1 Å². The van der Waals surface area contributed by atoms with Crippen LogP contribution in [0.3, 0.4) is 0 Å². The minimum Gasteiger partial charge on any atom is -0.347 e. The highest BCUT2D eigenvalue weighted by atomic mass is 32.1. The molecule has 3 aromatic heterocycles. The molecule has 1 atom stereocenters. The number of aromatic nitrogens is 6. The molecule has 0 aliphatic heterocycles. The molecule has 0 aliphatic carbocycles. The minimum absolute atomic E-state index is 0.111. The monoisotopic (exact) mass is 484 g/mol. The molecule has 0 bridgehead atoms. The normalized spacial score (nSPS) is 11.8. The van der Waals surface area contributed by atoms with E-state index in [0.29, 0.717) is 12.4 Å². The third-order valence-electron chi connectivity index (χ3n) is 5.46. The zero-order valence-electron chi connectivity index (χ0n) is 18.6. The second kappa shape index (κ2) is 9.77. The number of aromatic amines is 1. The second-order valence-electron chi connectivity index (χ2n) is 7.82. The van der Waals surface area contributed by atoms with Gasteiger partial charge in [-0.3, -0.25) is 9.59 Å². The van der Waals surface area contributed by atoms with Crippen molar-refractivity contribution in [3.05, 3.63) is 88.8 Å². The number of nitrogens with zero attached hydrogens (tertiary/aromatic N) is 5. The van der Waals surface area contributed by atoms with Crippen LogP contribution >= 0.6 is 11.3 Å². The first-order chi connectivity index (χ1) is 17.1. The number of fused-ring (bicyclic) bond motifs is 1. The summed E-state index contributed by atoms with van der Waals surface area (Å²) in [7, 11) is 0. The number of carbonyl (C=O) groups is 2. The van der Waals surface area contributed by atoms with Crippen LogP contribution in [0.15, 0.2) is 66.3 Å². The highest BCUT2D eigenvalue weighted by molar-refractivity contribution is 7.17. The van der Waals surface area contributed by atoms with Crippen molar-refractivity contribution in [2.45, 2.75) is 19.5 Å². The minimum atomic E-state index is -0.404. The molecule has 3 heterocycles. The lowest BCUT2D eigenvalue weighted by molar-refractivity contribution is 0.0934. The number of nitrogens with one attached hydrogen (secondary N) is 3. The molecule has 174 valence electrons. The fraction of sp³-hybridized carbons (Fsp3) is 0.125. The summed E-state index contributed by atoms with van der Waals surface area (Å²) in [5, 5.41) is 22.8. The maximum Gasteiger partial charge on any atom is 0.270 e. The molecule has 2 aromatic carbocycles. The molecule has 0 saturated heterocycles. The Kier molecular flexibility index (Phi) is 6.22. The van der Waals surface area contributed by atoms with Crippen LogP contribution in [0.25, 0.3) is 21.5 Å². The molecule has 0 saturated carbocycles. The summed E-state index contributed by atoms with van der Waals surface area (Å²) in [4.78, 5) is 33.5. The highest BCUT2D eigenvalue weighted by Crippen LogP contribution is 2.22. The SMILES string of the molecule is C[C@H](NC(=O)c1cc(C(=O)NCc2ccc3sccc3c2)ncn1)c1ccc(-c2nn[nH]n2)cc1. The molecular formula is C24H20N8O2S. The largest absolute Gasteiger partial charge is 0.347 e. The smallest absolute Gasteiger partial charge is 0.270 e. The molecule has 3 N–H and O–H groups in total. The van der Waals surface area contributed by atoms with E-state index in [0.717, 1.165) is 22.1 Å². The Labute approximate surface area is 203 Å². The van der Waals surface area contributed by atoms with Gasteiger partial charge in [0.2, 0.25) is 5.82 Å². The third kappa shape index (κ3) is 5.04. The second-order valence-corrected chi connectivity index (χ2v) is 8.76. The van der Waals surface area contributed by atoms with Crippen LogP contribution in [0.5, 0.6) is 0 Å². The molecular weight excluding hydrogens is 464 g/mol. The number of rotatable bonds is 7. The predicted molar refractivity (Wildman–Crippen MR) is 131 cm³/mol. The van der Waals surface area contributed by atoms with Crippen LogP contribution in [0, 0.1) is 0 Å². The van der Waals surface area contributed by atoms with E-state index in [9.17, 15) is 9.59 Å². The van der Waals surface area contributed by atoms with Gasteiger partial charge in [-0.05, 0) is 52.2 Å². The van der Waals surface area contributed by atoms with Crippen LogP contribution < -0.4 is 10.6 Å². The summed E-state index contributed by atoms with van der Waals surface area (Å²) >= 11 is 1.67. The molecule has 35 heavy (non-hydrogen) atoms. The van der Waals surface area contributed by atoms with Crippen molar-refractivity contribution >= 4 is 33.2 Å².